The molecule has 0 spiro atoms. The van der Waals surface area contributed by atoms with Crippen LogP contribution in [0.4, 0.5) is 0 Å². The van der Waals surface area contributed by atoms with Crippen molar-refractivity contribution in [3.63, 3.8) is 0 Å². The molecular formula is C15H18N4S. The van der Waals surface area contributed by atoms with Crippen LogP contribution in [0, 0.1) is 5.92 Å². The molecule has 0 N–H and O–H groups in total. The molecule has 4 rings (SSSR count). The van der Waals surface area contributed by atoms with Crippen molar-refractivity contribution in [1.82, 2.24) is 19.7 Å². The molecule has 1 fully saturated rings. The maximum Gasteiger partial charge on any atom is 0.140 e. The number of thiophene rings is 1. The van der Waals surface area contributed by atoms with Crippen LogP contribution in [0.1, 0.15) is 35.0 Å². The lowest BCUT2D eigenvalue weighted by atomic mass is 9.82. The molecule has 4 nitrogen and oxygen atoms in total. The smallest absolute Gasteiger partial charge is 0.140 e. The minimum atomic E-state index is 0.399. The summed E-state index contributed by atoms with van der Waals surface area (Å²) < 4.78 is 1.95. The number of fused-ring (bicyclic) bond motifs is 2. The minimum absolute atomic E-state index is 0.399. The number of hydrogen-bond donors (Lipinski definition) is 0. The highest BCUT2D eigenvalue weighted by molar-refractivity contribution is 7.10. The van der Waals surface area contributed by atoms with Crippen molar-refractivity contribution in [2.75, 3.05) is 20.1 Å². The SMILES string of the molecule is CN1CCC(C2c3sccc3C=Cn3ncnc32)CC1. The summed E-state index contributed by atoms with van der Waals surface area (Å²) in [4.78, 5) is 8.45. The van der Waals surface area contributed by atoms with E-state index in [4.69, 9.17) is 0 Å². The fourth-order valence-electron chi connectivity index (χ4n) is 3.37. The summed E-state index contributed by atoms with van der Waals surface area (Å²) in [5, 5.41) is 6.55. The Hall–Kier alpha value is -1.46. The van der Waals surface area contributed by atoms with E-state index in [1.165, 1.54) is 36.4 Å². The number of aromatic nitrogens is 3. The maximum atomic E-state index is 4.56. The van der Waals surface area contributed by atoms with Crippen molar-refractivity contribution in [3.05, 3.63) is 34.0 Å². The second-order valence-corrected chi connectivity index (χ2v) is 6.68. The Morgan fingerprint density at radius 2 is 2.15 bits per heavy atom. The summed E-state index contributed by atoms with van der Waals surface area (Å²) in [5.41, 5.74) is 1.34. The molecule has 0 bridgehead atoms. The number of rotatable bonds is 1. The van der Waals surface area contributed by atoms with E-state index in [1.54, 1.807) is 6.33 Å². The fraction of sp³-hybridized carbons (Fsp3) is 0.467. The molecule has 0 aromatic carbocycles. The highest BCUT2D eigenvalue weighted by Crippen LogP contribution is 2.42. The van der Waals surface area contributed by atoms with Crippen LogP contribution in [0.25, 0.3) is 12.3 Å². The maximum absolute atomic E-state index is 4.56. The molecule has 1 atom stereocenters. The van der Waals surface area contributed by atoms with Gasteiger partial charge in [-0.05, 0) is 62.0 Å². The molecule has 20 heavy (non-hydrogen) atoms. The third kappa shape index (κ3) is 1.93. The summed E-state index contributed by atoms with van der Waals surface area (Å²) in [6.07, 6.45) is 8.37. The van der Waals surface area contributed by atoms with E-state index >= 15 is 0 Å². The number of nitrogens with zero attached hydrogens (tertiary/aromatic N) is 4. The summed E-state index contributed by atoms with van der Waals surface area (Å²) in [6.45, 7) is 2.37. The van der Waals surface area contributed by atoms with Crippen LogP contribution >= 0.6 is 11.3 Å². The van der Waals surface area contributed by atoms with Crippen LogP contribution in [0.5, 0.6) is 0 Å². The van der Waals surface area contributed by atoms with Crippen molar-refractivity contribution in [2.24, 2.45) is 5.92 Å². The minimum Gasteiger partial charge on any atom is -0.306 e. The third-order valence-electron chi connectivity index (χ3n) is 4.52. The molecule has 0 amide bonds. The first-order valence-corrected chi connectivity index (χ1v) is 8.04. The average molecular weight is 286 g/mol. The molecule has 104 valence electrons. The van der Waals surface area contributed by atoms with Gasteiger partial charge < -0.3 is 4.90 Å². The van der Waals surface area contributed by atoms with Crippen molar-refractivity contribution in [3.8, 4) is 0 Å². The van der Waals surface area contributed by atoms with Crippen molar-refractivity contribution in [2.45, 2.75) is 18.8 Å². The zero-order valence-electron chi connectivity index (χ0n) is 11.6. The normalized spacial score (nSPS) is 23.4. The van der Waals surface area contributed by atoms with Crippen molar-refractivity contribution < 1.29 is 0 Å². The zero-order chi connectivity index (χ0) is 13.5. The quantitative estimate of drug-likeness (QED) is 0.808. The predicted octanol–water partition coefficient (Wildman–Crippen LogP) is 2.75. The van der Waals surface area contributed by atoms with Gasteiger partial charge in [0.1, 0.15) is 12.2 Å². The van der Waals surface area contributed by atoms with Crippen LogP contribution in [0.2, 0.25) is 0 Å². The van der Waals surface area contributed by atoms with E-state index in [-0.39, 0.29) is 0 Å². The lowest BCUT2D eigenvalue weighted by molar-refractivity contribution is 0.205. The predicted molar refractivity (Wildman–Crippen MR) is 81.6 cm³/mol. The Kier molecular flexibility index (Phi) is 2.97. The van der Waals surface area contributed by atoms with E-state index in [0.29, 0.717) is 11.8 Å². The van der Waals surface area contributed by atoms with Gasteiger partial charge in [0.25, 0.3) is 0 Å². The Labute approximate surface area is 122 Å². The van der Waals surface area contributed by atoms with Gasteiger partial charge in [0.2, 0.25) is 0 Å². The topological polar surface area (TPSA) is 34.0 Å². The third-order valence-corrected chi connectivity index (χ3v) is 5.53. The Balaban J connectivity index is 1.78. The van der Waals surface area contributed by atoms with Crippen LogP contribution in [-0.4, -0.2) is 39.8 Å². The van der Waals surface area contributed by atoms with Gasteiger partial charge in [-0.3, -0.25) is 0 Å². The molecule has 5 heteroatoms. The van der Waals surface area contributed by atoms with E-state index in [0.717, 1.165) is 5.82 Å². The van der Waals surface area contributed by atoms with Crippen molar-refractivity contribution in [1.29, 1.82) is 0 Å². The summed E-state index contributed by atoms with van der Waals surface area (Å²) in [6, 6.07) is 2.21. The molecule has 2 aromatic rings. The number of piperidine rings is 1. The molecule has 4 heterocycles. The molecule has 0 saturated carbocycles. The first-order valence-electron chi connectivity index (χ1n) is 7.16. The highest BCUT2D eigenvalue weighted by Gasteiger charge is 2.33. The molecule has 0 radical (unpaired) electrons. The van der Waals surface area contributed by atoms with Gasteiger partial charge in [-0.2, -0.15) is 5.10 Å². The first kappa shape index (κ1) is 12.3. The van der Waals surface area contributed by atoms with E-state index in [9.17, 15) is 0 Å². The van der Waals surface area contributed by atoms with Crippen molar-refractivity contribution >= 4 is 23.6 Å². The monoisotopic (exact) mass is 286 g/mol. The second kappa shape index (κ2) is 4.82. The molecule has 2 aromatic heterocycles. The fourth-order valence-corrected chi connectivity index (χ4v) is 4.45. The molecule has 0 aliphatic carbocycles. The van der Waals surface area contributed by atoms with Crippen LogP contribution in [0.15, 0.2) is 17.8 Å². The van der Waals surface area contributed by atoms with Gasteiger partial charge in [0.05, 0.1) is 5.92 Å². The molecule has 1 unspecified atom stereocenters. The summed E-state index contributed by atoms with van der Waals surface area (Å²) in [5.74, 6) is 2.18. The van der Waals surface area contributed by atoms with Gasteiger partial charge in [0.15, 0.2) is 0 Å². The highest BCUT2D eigenvalue weighted by atomic mass is 32.1. The first-order chi connectivity index (χ1) is 9.83. The van der Waals surface area contributed by atoms with Crippen LogP contribution in [0.3, 0.4) is 0 Å². The number of likely N-dealkylation sites (tertiary alicyclic amines) is 1. The molecular weight excluding hydrogens is 268 g/mol. The van der Waals surface area contributed by atoms with Gasteiger partial charge in [-0.15, -0.1) is 11.3 Å². The van der Waals surface area contributed by atoms with Gasteiger partial charge in [0, 0.05) is 11.1 Å². The summed E-state index contributed by atoms with van der Waals surface area (Å²) >= 11 is 1.86. The van der Waals surface area contributed by atoms with E-state index in [1.807, 2.05) is 22.2 Å². The Bertz CT molecular complexity index is 590. The molecule has 1 saturated heterocycles. The van der Waals surface area contributed by atoms with E-state index in [2.05, 4.69) is 39.6 Å². The lowest BCUT2D eigenvalue weighted by Gasteiger charge is -2.33. The zero-order valence-corrected chi connectivity index (χ0v) is 12.4. The molecule has 2 aliphatic heterocycles. The largest absolute Gasteiger partial charge is 0.306 e. The van der Waals surface area contributed by atoms with Crippen LogP contribution < -0.4 is 0 Å². The molecule has 2 aliphatic rings. The summed E-state index contributed by atoms with van der Waals surface area (Å²) in [7, 11) is 2.21. The number of hydrogen-bond acceptors (Lipinski definition) is 4. The van der Waals surface area contributed by atoms with E-state index < -0.39 is 0 Å². The van der Waals surface area contributed by atoms with Gasteiger partial charge in [-0.1, -0.05) is 0 Å². The Morgan fingerprint density at radius 3 is 3.00 bits per heavy atom. The lowest BCUT2D eigenvalue weighted by Crippen LogP contribution is -2.33. The van der Waals surface area contributed by atoms with Crippen LogP contribution in [-0.2, 0) is 0 Å². The standard InChI is InChI=1S/C15H18N4S/c1-18-6-2-11(3-7-18)13-14-12(5-9-20-14)4-8-19-15(13)16-10-17-19/h4-5,8-11,13H,2-3,6-7H2,1H3. The van der Waals surface area contributed by atoms with Gasteiger partial charge in [-0.25, -0.2) is 9.67 Å². The van der Waals surface area contributed by atoms with Gasteiger partial charge >= 0.3 is 0 Å². The Morgan fingerprint density at radius 1 is 1.30 bits per heavy atom. The average Bonchev–Trinajstić information content (AvgIpc) is 3.07. The second-order valence-electron chi connectivity index (χ2n) is 5.74.